The summed E-state index contributed by atoms with van der Waals surface area (Å²) in [5.41, 5.74) is 10.9. The molecule has 0 radical (unpaired) electrons. The minimum absolute atomic E-state index is 0.000592. The Balaban J connectivity index is 0.926. The third-order valence-electron chi connectivity index (χ3n) is 21.4. The van der Waals surface area contributed by atoms with Gasteiger partial charge in [0.1, 0.15) is 0 Å². The summed E-state index contributed by atoms with van der Waals surface area (Å²) in [7, 11) is 0. The highest BCUT2D eigenvalue weighted by atomic mass is 15.2. The van der Waals surface area contributed by atoms with Crippen LogP contribution in [0.1, 0.15) is 299 Å². The Morgan fingerprint density at radius 1 is 0.657 bits per heavy atom. The molecule has 8 unspecified atom stereocenters. The Kier molecular flexibility index (Phi) is 25.2. The van der Waals surface area contributed by atoms with Gasteiger partial charge in [0.15, 0.2) is 0 Å². The SMILES string of the molecule is CCCCC/C=C\C/C=C\CCCCCCCCCCCCC(CCCCCCCC1CC[C@@]2(C)C(=CCC3(N)C4CC[C@](C)([C@H](C)CCCC(C)CC)C4(C)CCC32)C1)CN1CCCC1C. The largest absolute Gasteiger partial charge is 0.324 e. The van der Waals surface area contributed by atoms with Crippen molar-refractivity contribution in [1.29, 1.82) is 0 Å². The van der Waals surface area contributed by atoms with Crippen LogP contribution in [-0.4, -0.2) is 29.6 Å². The van der Waals surface area contributed by atoms with E-state index in [0.717, 1.165) is 42.6 Å². The van der Waals surface area contributed by atoms with Crippen molar-refractivity contribution in [2.24, 2.45) is 57.5 Å². The summed E-state index contributed by atoms with van der Waals surface area (Å²) in [5.74, 6) is 4.89. The van der Waals surface area contributed by atoms with E-state index in [1.54, 1.807) is 0 Å². The molecule has 0 aromatic carbocycles. The van der Waals surface area contributed by atoms with Crippen LogP contribution in [-0.2, 0) is 0 Å². The zero-order chi connectivity index (χ0) is 48.0. The molecule has 0 aromatic heterocycles. The summed E-state index contributed by atoms with van der Waals surface area (Å²) in [5, 5.41) is 0. The van der Waals surface area contributed by atoms with Crippen molar-refractivity contribution < 1.29 is 0 Å². The maximum absolute atomic E-state index is 7.88. The first kappa shape index (κ1) is 57.0. The molecule has 2 nitrogen and oxygen atoms in total. The molecule has 1 saturated heterocycles. The van der Waals surface area contributed by atoms with Gasteiger partial charge in [-0.1, -0.05) is 219 Å². The first-order valence-corrected chi connectivity index (χ1v) is 30.9. The lowest BCUT2D eigenvalue weighted by Crippen LogP contribution is -2.67. The van der Waals surface area contributed by atoms with E-state index >= 15 is 0 Å². The molecule has 67 heavy (non-hydrogen) atoms. The highest BCUT2D eigenvalue weighted by Crippen LogP contribution is 2.72. The Morgan fingerprint density at radius 3 is 1.90 bits per heavy atom. The molecule has 11 atom stereocenters. The van der Waals surface area contributed by atoms with Crippen LogP contribution in [0.2, 0.25) is 0 Å². The first-order valence-electron chi connectivity index (χ1n) is 30.9. The van der Waals surface area contributed by atoms with Crippen molar-refractivity contribution in [3.63, 3.8) is 0 Å². The van der Waals surface area contributed by atoms with E-state index in [1.807, 2.05) is 5.57 Å². The van der Waals surface area contributed by atoms with E-state index in [9.17, 15) is 0 Å². The van der Waals surface area contributed by atoms with E-state index in [4.69, 9.17) is 5.73 Å². The second-order valence-corrected chi connectivity index (χ2v) is 25.9. The molecule has 2 N–H and O–H groups in total. The molecule has 0 bridgehead atoms. The lowest BCUT2D eigenvalue weighted by molar-refractivity contribution is -0.0998. The Bertz CT molecular complexity index is 1430. The molecule has 3 saturated carbocycles. The van der Waals surface area contributed by atoms with Crippen LogP contribution in [0.3, 0.4) is 0 Å². The fourth-order valence-electron chi connectivity index (χ4n) is 16.0. The first-order chi connectivity index (χ1) is 32.4. The number of nitrogens with zero attached hydrogens (tertiary/aromatic N) is 1. The average Bonchev–Trinajstić information content (AvgIpc) is 3.86. The van der Waals surface area contributed by atoms with Crippen LogP contribution in [0, 0.1) is 51.8 Å². The number of nitrogens with two attached hydrogens (primary N) is 1. The van der Waals surface area contributed by atoms with Gasteiger partial charge in [0, 0.05) is 18.1 Å². The van der Waals surface area contributed by atoms with Gasteiger partial charge in [-0.25, -0.2) is 0 Å². The third kappa shape index (κ3) is 16.3. The molecule has 0 aromatic rings. The fourth-order valence-corrected chi connectivity index (χ4v) is 16.0. The fraction of sp³-hybridized carbons (Fsp3) is 0.908. The van der Waals surface area contributed by atoms with Gasteiger partial charge in [0.2, 0.25) is 0 Å². The predicted molar refractivity (Wildman–Crippen MR) is 298 cm³/mol. The molecular weight excluding hydrogens is 809 g/mol. The van der Waals surface area contributed by atoms with Crippen molar-refractivity contribution in [3.8, 4) is 0 Å². The van der Waals surface area contributed by atoms with Crippen LogP contribution in [0.5, 0.6) is 0 Å². The van der Waals surface area contributed by atoms with Gasteiger partial charge in [-0.2, -0.15) is 0 Å². The average molecular weight is 928 g/mol. The molecule has 388 valence electrons. The van der Waals surface area contributed by atoms with E-state index in [0.29, 0.717) is 28.1 Å². The quantitative estimate of drug-likeness (QED) is 0.0507. The van der Waals surface area contributed by atoms with Crippen LogP contribution in [0.25, 0.3) is 0 Å². The Labute approximate surface area is 420 Å². The molecule has 4 fully saturated rings. The Morgan fingerprint density at radius 2 is 1.27 bits per heavy atom. The maximum Gasteiger partial charge on any atom is 0.0260 e. The monoisotopic (exact) mass is 927 g/mol. The molecule has 5 rings (SSSR count). The highest BCUT2D eigenvalue weighted by Gasteiger charge is 2.67. The molecule has 0 amide bonds. The smallest absolute Gasteiger partial charge is 0.0260 e. The maximum atomic E-state index is 7.88. The summed E-state index contributed by atoms with van der Waals surface area (Å²) in [4.78, 5) is 2.85. The lowest BCUT2D eigenvalue weighted by Gasteiger charge is -2.64. The second-order valence-electron chi connectivity index (χ2n) is 25.9. The highest BCUT2D eigenvalue weighted by molar-refractivity contribution is 5.31. The van der Waals surface area contributed by atoms with Crippen molar-refractivity contribution in [2.45, 2.75) is 311 Å². The molecule has 2 heteroatoms. The van der Waals surface area contributed by atoms with Crippen molar-refractivity contribution in [2.75, 3.05) is 13.1 Å². The van der Waals surface area contributed by atoms with E-state index in [2.05, 4.69) is 90.7 Å². The van der Waals surface area contributed by atoms with Crippen molar-refractivity contribution in [3.05, 3.63) is 36.0 Å². The van der Waals surface area contributed by atoms with Crippen LogP contribution in [0.4, 0.5) is 0 Å². The standard InChI is InChI=1S/C65H118N2/c1-9-11-12-13-14-15-16-17-18-19-20-21-22-23-24-25-26-27-29-33-41-58(53-67-51-36-39-56(67)5)42-34-31-28-30-32-40-57-43-47-62(6)59(52-57)44-50-65(66)60(62)45-49-64(8)61(65)46-48-63(64,7)55(4)38-35-37-54(3)10-2/h14-15,17-18,44,54-58,60-61H,9-13,16,19-43,45-53,66H2,1-8H3/b15-14-,18-17-/t54?,55-,56?,57?,58?,60?,61?,62+,63-,64?,65?/m1/s1. The van der Waals surface area contributed by atoms with Gasteiger partial charge in [-0.15, -0.1) is 0 Å². The number of unbranched alkanes of at least 4 members (excludes halogenated alkanes) is 17. The normalized spacial score (nSPS) is 32.4. The zero-order valence-electron chi connectivity index (χ0n) is 46.7. The van der Waals surface area contributed by atoms with E-state index in [-0.39, 0.29) is 5.54 Å². The minimum Gasteiger partial charge on any atom is -0.324 e. The number of fused-ring (bicyclic) bond motifs is 5. The number of allylic oxidation sites excluding steroid dienone is 5. The van der Waals surface area contributed by atoms with Crippen LogP contribution < -0.4 is 5.73 Å². The Hall–Kier alpha value is -0.860. The summed E-state index contributed by atoms with van der Waals surface area (Å²) in [6.45, 7) is 23.1. The summed E-state index contributed by atoms with van der Waals surface area (Å²) in [6, 6.07) is 0.816. The van der Waals surface area contributed by atoms with Gasteiger partial charge in [-0.05, 0) is 174 Å². The van der Waals surface area contributed by atoms with Gasteiger partial charge >= 0.3 is 0 Å². The number of hydrogen-bond acceptors (Lipinski definition) is 2. The molecule has 5 aliphatic rings. The summed E-state index contributed by atoms with van der Waals surface area (Å²) < 4.78 is 0. The lowest BCUT2D eigenvalue weighted by atomic mass is 9.42. The molecule has 4 aliphatic carbocycles. The van der Waals surface area contributed by atoms with Crippen LogP contribution >= 0.6 is 0 Å². The predicted octanol–water partition coefficient (Wildman–Crippen LogP) is 20.1. The summed E-state index contributed by atoms with van der Waals surface area (Å²) in [6.07, 6.45) is 65.5. The van der Waals surface area contributed by atoms with E-state index in [1.165, 1.54) is 244 Å². The van der Waals surface area contributed by atoms with Crippen molar-refractivity contribution >= 4 is 0 Å². The molecular formula is C65H118N2. The van der Waals surface area contributed by atoms with Gasteiger partial charge in [0.05, 0.1) is 0 Å². The topological polar surface area (TPSA) is 29.3 Å². The number of rotatable bonds is 35. The second kappa shape index (κ2) is 29.6. The number of hydrogen-bond donors (Lipinski definition) is 1. The van der Waals surface area contributed by atoms with E-state index < -0.39 is 0 Å². The summed E-state index contributed by atoms with van der Waals surface area (Å²) >= 11 is 0. The molecule has 1 aliphatic heterocycles. The number of likely N-dealkylation sites (tertiary alicyclic amines) is 1. The van der Waals surface area contributed by atoms with Gasteiger partial charge in [-0.3, -0.25) is 0 Å². The third-order valence-corrected chi connectivity index (χ3v) is 21.4. The minimum atomic E-state index is 0.000592. The molecule has 0 spiro atoms. The van der Waals surface area contributed by atoms with Crippen molar-refractivity contribution in [1.82, 2.24) is 4.90 Å². The van der Waals surface area contributed by atoms with Gasteiger partial charge < -0.3 is 10.6 Å². The van der Waals surface area contributed by atoms with Gasteiger partial charge in [0.25, 0.3) is 0 Å². The van der Waals surface area contributed by atoms with Crippen LogP contribution in [0.15, 0.2) is 36.0 Å². The molecule has 1 heterocycles. The zero-order valence-corrected chi connectivity index (χ0v) is 46.7.